The third-order valence-corrected chi connectivity index (χ3v) is 7.00. The zero-order valence-electron chi connectivity index (χ0n) is 22.6. The van der Waals surface area contributed by atoms with E-state index in [1.165, 1.54) is 13.2 Å². The Kier molecular flexibility index (Phi) is 7.30. The van der Waals surface area contributed by atoms with Gasteiger partial charge in [0.25, 0.3) is 0 Å². The highest BCUT2D eigenvalue weighted by Gasteiger charge is 2.26. The van der Waals surface area contributed by atoms with Gasteiger partial charge < -0.3 is 28.9 Å². The van der Waals surface area contributed by atoms with Gasteiger partial charge in [0.15, 0.2) is 0 Å². The van der Waals surface area contributed by atoms with E-state index in [1.54, 1.807) is 36.5 Å². The normalized spacial score (nSPS) is 11.8. The number of para-hydroxylation sites is 1. The van der Waals surface area contributed by atoms with Crippen LogP contribution in [0.3, 0.4) is 0 Å². The van der Waals surface area contributed by atoms with Crippen molar-refractivity contribution in [2.24, 2.45) is 0 Å². The number of rotatable bonds is 8. The number of hydrogen-bond donors (Lipinski definition) is 2. The Morgan fingerprint density at radius 1 is 0.857 bits per heavy atom. The standard InChI is InChI=1S/C33H26N2O7/c1-39-22-11-13-25-26-14-12-23(17-30(26)42-31(36)27(25)16-22)41-32(37)29(15-21-18-34-28-10-6-5-9-24(21)28)35-33(38)40-19-20-7-3-2-4-8-20/h2-14,16-18,29,34H,15,19H2,1H3,(H,35,38). The number of fused-ring (bicyclic) bond motifs is 4. The number of nitrogens with one attached hydrogen (secondary N) is 2. The number of amides is 1. The van der Waals surface area contributed by atoms with E-state index in [-0.39, 0.29) is 24.4 Å². The van der Waals surface area contributed by atoms with Gasteiger partial charge in [-0.25, -0.2) is 14.4 Å². The maximum Gasteiger partial charge on any atom is 0.408 e. The lowest BCUT2D eigenvalue weighted by molar-refractivity contribution is -0.136. The largest absolute Gasteiger partial charge is 0.497 e. The van der Waals surface area contributed by atoms with Crippen molar-refractivity contribution < 1.29 is 28.2 Å². The summed E-state index contributed by atoms with van der Waals surface area (Å²) in [6.07, 6.45) is 1.19. The van der Waals surface area contributed by atoms with Crippen LogP contribution in [0.25, 0.3) is 32.6 Å². The minimum atomic E-state index is -1.07. The highest BCUT2D eigenvalue weighted by Crippen LogP contribution is 2.29. The maximum absolute atomic E-state index is 13.5. The predicted octanol–water partition coefficient (Wildman–Crippen LogP) is 5.88. The van der Waals surface area contributed by atoms with Crippen LogP contribution in [0.5, 0.6) is 11.5 Å². The zero-order valence-corrected chi connectivity index (χ0v) is 22.6. The van der Waals surface area contributed by atoms with Crippen LogP contribution >= 0.6 is 0 Å². The second kappa shape index (κ2) is 11.5. The number of carbonyl (C=O) groups excluding carboxylic acids is 2. The number of hydrogen-bond acceptors (Lipinski definition) is 7. The minimum absolute atomic E-state index is 0.0467. The molecule has 0 radical (unpaired) electrons. The predicted molar refractivity (Wildman–Crippen MR) is 158 cm³/mol. The summed E-state index contributed by atoms with van der Waals surface area (Å²) in [5.74, 6) is -0.00760. The Morgan fingerprint density at radius 2 is 1.62 bits per heavy atom. The molecule has 0 aliphatic heterocycles. The lowest BCUT2D eigenvalue weighted by atomic mass is 10.0. The highest BCUT2D eigenvalue weighted by atomic mass is 16.6. The number of esters is 1. The van der Waals surface area contributed by atoms with Gasteiger partial charge in [0.05, 0.1) is 12.5 Å². The van der Waals surface area contributed by atoms with Gasteiger partial charge in [-0.05, 0) is 47.5 Å². The van der Waals surface area contributed by atoms with Crippen LogP contribution in [0.4, 0.5) is 4.79 Å². The fraction of sp³-hybridized carbons (Fsp3) is 0.121. The third-order valence-electron chi connectivity index (χ3n) is 7.00. The fourth-order valence-corrected chi connectivity index (χ4v) is 4.89. The number of benzene rings is 4. The first-order valence-electron chi connectivity index (χ1n) is 13.3. The van der Waals surface area contributed by atoms with Crippen molar-refractivity contribution in [1.82, 2.24) is 10.3 Å². The Hall–Kier alpha value is -5.57. The van der Waals surface area contributed by atoms with Gasteiger partial charge in [-0.15, -0.1) is 0 Å². The van der Waals surface area contributed by atoms with Crippen LogP contribution in [-0.4, -0.2) is 30.2 Å². The van der Waals surface area contributed by atoms with Crippen molar-refractivity contribution in [2.45, 2.75) is 19.1 Å². The smallest absolute Gasteiger partial charge is 0.408 e. The summed E-state index contributed by atoms with van der Waals surface area (Å²) >= 11 is 0. The van der Waals surface area contributed by atoms with Gasteiger partial charge >= 0.3 is 17.7 Å². The Morgan fingerprint density at radius 3 is 2.45 bits per heavy atom. The molecular formula is C33H26N2O7. The van der Waals surface area contributed by atoms with Gasteiger partial charge in [-0.1, -0.05) is 48.5 Å². The summed E-state index contributed by atoms with van der Waals surface area (Å²) in [6, 6.07) is 25.8. The molecule has 0 aliphatic carbocycles. The van der Waals surface area contributed by atoms with Crippen molar-refractivity contribution in [3.63, 3.8) is 0 Å². The topological polar surface area (TPSA) is 120 Å². The summed E-state index contributed by atoms with van der Waals surface area (Å²) in [6.45, 7) is 0.0467. The number of H-pyrrole nitrogens is 1. The molecule has 9 nitrogen and oxygen atoms in total. The minimum Gasteiger partial charge on any atom is -0.497 e. The van der Waals surface area contributed by atoms with Crippen LogP contribution < -0.4 is 20.4 Å². The molecule has 0 bridgehead atoms. The molecule has 4 aromatic carbocycles. The molecule has 0 saturated heterocycles. The molecule has 210 valence electrons. The summed E-state index contributed by atoms with van der Waals surface area (Å²) in [5.41, 5.74) is 2.25. The van der Waals surface area contributed by atoms with Gasteiger partial charge in [0.2, 0.25) is 0 Å². The SMILES string of the molecule is COc1ccc2c(c1)c(=O)oc1cc(OC(=O)C(Cc3c[nH]c4ccccc34)NC(=O)OCc3ccccc3)ccc12. The van der Waals surface area contributed by atoms with E-state index in [0.29, 0.717) is 21.9 Å². The fourth-order valence-electron chi connectivity index (χ4n) is 4.89. The average Bonchev–Trinajstić information content (AvgIpc) is 3.42. The maximum atomic E-state index is 13.5. The molecule has 0 fully saturated rings. The zero-order chi connectivity index (χ0) is 29.1. The van der Waals surface area contributed by atoms with E-state index in [4.69, 9.17) is 18.6 Å². The van der Waals surface area contributed by atoms with E-state index in [1.807, 2.05) is 54.6 Å². The molecular weight excluding hydrogens is 536 g/mol. The molecule has 2 N–H and O–H groups in total. The van der Waals surface area contributed by atoms with Gasteiger partial charge in [-0.3, -0.25) is 0 Å². The van der Waals surface area contributed by atoms with E-state index in [0.717, 1.165) is 22.0 Å². The first kappa shape index (κ1) is 26.6. The summed E-state index contributed by atoms with van der Waals surface area (Å²) in [4.78, 5) is 42.1. The molecule has 1 atom stereocenters. The Bertz CT molecular complexity index is 1980. The average molecular weight is 563 g/mol. The summed E-state index contributed by atoms with van der Waals surface area (Å²) in [7, 11) is 1.52. The Labute approximate surface area is 239 Å². The quantitative estimate of drug-likeness (QED) is 0.103. The second-order valence-corrected chi connectivity index (χ2v) is 9.70. The molecule has 9 heteroatoms. The number of ether oxygens (including phenoxy) is 3. The van der Waals surface area contributed by atoms with Crippen molar-refractivity contribution in [1.29, 1.82) is 0 Å². The van der Waals surface area contributed by atoms with E-state index in [2.05, 4.69) is 10.3 Å². The van der Waals surface area contributed by atoms with Crippen molar-refractivity contribution in [3.05, 3.63) is 119 Å². The molecule has 0 spiro atoms. The molecule has 1 amide bonds. The van der Waals surface area contributed by atoms with Crippen LogP contribution in [0.2, 0.25) is 0 Å². The molecule has 0 aliphatic rings. The molecule has 0 saturated carbocycles. The van der Waals surface area contributed by atoms with Crippen LogP contribution in [0, 0.1) is 0 Å². The number of alkyl carbamates (subject to hydrolysis) is 1. The second-order valence-electron chi connectivity index (χ2n) is 9.70. The van der Waals surface area contributed by atoms with Gasteiger partial charge in [0, 0.05) is 40.4 Å². The lowest BCUT2D eigenvalue weighted by Crippen LogP contribution is -2.44. The number of aromatic amines is 1. The van der Waals surface area contributed by atoms with Crippen LogP contribution in [0.15, 0.2) is 106 Å². The van der Waals surface area contributed by atoms with Crippen molar-refractivity contribution in [2.75, 3.05) is 7.11 Å². The monoisotopic (exact) mass is 562 g/mol. The molecule has 2 aromatic heterocycles. The van der Waals surface area contributed by atoms with E-state index in [9.17, 15) is 14.4 Å². The van der Waals surface area contributed by atoms with Crippen molar-refractivity contribution in [3.8, 4) is 11.5 Å². The number of aromatic nitrogens is 1. The molecule has 6 rings (SSSR count). The van der Waals surface area contributed by atoms with E-state index >= 15 is 0 Å². The summed E-state index contributed by atoms with van der Waals surface area (Å²) in [5, 5.41) is 5.31. The lowest BCUT2D eigenvalue weighted by Gasteiger charge is -2.18. The third kappa shape index (κ3) is 5.53. The van der Waals surface area contributed by atoms with Crippen LogP contribution in [0.1, 0.15) is 11.1 Å². The molecule has 42 heavy (non-hydrogen) atoms. The first-order chi connectivity index (χ1) is 20.5. The van der Waals surface area contributed by atoms with Crippen LogP contribution in [-0.2, 0) is 22.6 Å². The van der Waals surface area contributed by atoms with Gasteiger partial charge in [0.1, 0.15) is 29.7 Å². The van der Waals surface area contributed by atoms with E-state index < -0.39 is 23.7 Å². The van der Waals surface area contributed by atoms with Crippen molar-refractivity contribution >= 4 is 44.7 Å². The number of carbonyl (C=O) groups is 2. The first-order valence-corrected chi connectivity index (χ1v) is 13.3. The highest BCUT2D eigenvalue weighted by molar-refractivity contribution is 6.05. The number of methoxy groups -OCH3 is 1. The molecule has 6 aromatic rings. The Balaban J connectivity index is 1.26. The van der Waals surface area contributed by atoms with Gasteiger partial charge in [-0.2, -0.15) is 0 Å². The summed E-state index contributed by atoms with van der Waals surface area (Å²) < 4.78 is 21.8. The molecule has 2 heterocycles. The molecule has 1 unspecified atom stereocenters.